The number of hydrogen-bond donors (Lipinski definition) is 0. The van der Waals surface area contributed by atoms with Crippen LogP contribution in [0.4, 0.5) is 0 Å². The Labute approximate surface area is 134 Å². The maximum Gasteiger partial charge on any atom is 0.129 e. The van der Waals surface area contributed by atoms with Gasteiger partial charge in [-0.2, -0.15) is 0 Å². The second-order valence-corrected chi connectivity index (χ2v) is 7.19. The zero-order valence-electron chi connectivity index (χ0n) is 10.9. The molecule has 2 heterocycles. The number of aromatic nitrogens is 2. The molecule has 2 aromatic heterocycles. The van der Waals surface area contributed by atoms with E-state index in [2.05, 4.69) is 22.1 Å². The summed E-state index contributed by atoms with van der Waals surface area (Å²) in [6, 6.07) is 21.5. The van der Waals surface area contributed by atoms with Crippen molar-refractivity contribution in [2.45, 2.75) is 0 Å². The first-order valence-electron chi connectivity index (χ1n) is 6.34. The van der Waals surface area contributed by atoms with Crippen molar-refractivity contribution in [3.8, 4) is 0 Å². The van der Waals surface area contributed by atoms with Crippen molar-refractivity contribution in [3.05, 3.63) is 77.0 Å². The fraction of sp³-hybridized carbons (Fsp3) is 0. The molecule has 5 heteroatoms. The molecule has 0 bridgehead atoms. The van der Waals surface area contributed by atoms with Gasteiger partial charge in [-0.1, -0.05) is 65.7 Å². The van der Waals surface area contributed by atoms with E-state index in [0.717, 1.165) is 16.2 Å². The first-order chi connectivity index (χ1) is 10.2. The molecule has 0 fully saturated rings. The van der Waals surface area contributed by atoms with Gasteiger partial charge in [0.25, 0.3) is 0 Å². The van der Waals surface area contributed by atoms with Gasteiger partial charge >= 0.3 is 0 Å². The summed E-state index contributed by atoms with van der Waals surface area (Å²) in [5.74, 6) is 0. The first-order valence-corrected chi connectivity index (χ1v) is 8.44. The molecule has 3 rings (SSSR count). The summed E-state index contributed by atoms with van der Waals surface area (Å²) in [7, 11) is -0.870. The van der Waals surface area contributed by atoms with E-state index in [1.54, 1.807) is 12.1 Å². The van der Waals surface area contributed by atoms with Crippen LogP contribution in [0.3, 0.4) is 0 Å². The highest BCUT2D eigenvalue weighted by atomic mass is 35.5. The molecule has 0 aliphatic carbocycles. The van der Waals surface area contributed by atoms with Crippen molar-refractivity contribution in [2.24, 2.45) is 0 Å². The van der Waals surface area contributed by atoms with Crippen LogP contribution in [0.2, 0.25) is 10.3 Å². The molecule has 0 saturated heterocycles. The zero-order valence-corrected chi connectivity index (χ0v) is 13.4. The van der Waals surface area contributed by atoms with Crippen molar-refractivity contribution in [3.63, 3.8) is 0 Å². The van der Waals surface area contributed by atoms with Crippen LogP contribution in [0.25, 0.3) is 0 Å². The normalized spacial score (nSPS) is 10.8. The van der Waals surface area contributed by atoms with Crippen LogP contribution in [0.1, 0.15) is 0 Å². The molecule has 0 atom stereocenters. The van der Waals surface area contributed by atoms with Crippen molar-refractivity contribution < 1.29 is 0 Å². The van der Waals surface area contributed by atoms with E-state index in [-0.39, 0.29) is 0 Å². The van der Waals surface area contributed by atoms with Crippen LogP contribution in [-0.4, -0.2) is 9.97 Å². The summed E-state index contributed by atoms with van der Waals surface area (Å²) in [6.07, 6.45) is 0. The van der Waals surface area contributed by atoms with E-state index in [4.69, 9.17) is 23.2 Å². The molecule has 0 N–H and O–H groups in total. The van der Waals surface area contributed by atoms with Gasteiger partial charge in [-0.05, 0) is 29.6 Å². The highest BCUT2D eigenvalue weighted by Gasteiger charge is 2.19. The number of pyridine rings is 2. The second kappa shape index (κ2) is 6.53. The van der Waals surface area contributed by atoms with E-state index in [1.807, 2.05) is 42.5 Å². The summed E-state index contributed by atoms with van der Waals surface area (Å²) >= 11 is 12.1. The van der Waals surface area contributed by atoms with Crippen LogP contribution in [0.15, 0.2) is 66.7 Å². The Hall–Kier alpha value is -1.47. The molecule has 0 radical (unpaired) electrons. The van der Waals surface area contributed by atoms with Crippen molar-refractivity contribution in [1.82, 2.24) is 9.97 Å². The molecule has 3 aromatic rings. The number of halogens is 2. The molecular formula is C16H11Cl2N2P. The Morgan fingerprint density at radius 3 is 1.62 bits per heavy atom. The van der Waals surface area contributed by atoms with Gasteiger partial charge in [0, 0.05) is 7.92 Å². The predicted molar refractivity (Wildman–Crippen MR) is 90.8 cm³/mol. The summed E-state index contributed by atoms with van der Waals surface area (Å²) in [4.78, 5) is 8.93. The van der Waals surface area contributed by atoms with Crippen molar-refractivity contribution in [2.75, 3.05) is 0 Å². The van der Waals surface area contributed by atoms with Gasteiger partial charge in [0.15, 0.2) is 0 Å². The molecular weight excluding hydrogens is 322 g/mol. The Balaban J connectivity index is 2.16. The summed E-state index contributed by atoms with van der Waals surface area (Å²) in [5, 5.41) is 2.13. The Bertz CT molecular complexity index is 705. The third kappa shape index (κ3) is 3.41. The van der Waals surface area contributed by atoms with Crippen LogP contribution in [-0.2, 0) is 0 Å². The Kier molecular flexibility index (Phi) is 4.50. The average molecular weight is 333 g/mol. The third-order valence-corrected chi connectivity index (χ3v) is 5.52. The molecule has 0 aliphatic heterocycles. The highest BCUT2D eigenvalue weighted by Crippen LogP contribution is 2.31. The van der Waals surface area contributed by atoms with Gasteiger partial charge in [-0.3, -0.25) is 0 Å². The first kappa shape index (κ1) is 14.5. The Morgan fingerprint density at radius 1 is 0.619 bits per heavy atom. The van der Waals surface area contributed by atoms with E-state index < -0.39 is 7.92 Å². The number of hydrogen-bond acceptors (Lipinski definition) is 2. The van der Waals surface area contributed by atoms with Crippen LogP contribution in [0, 0.1) is 0 Å². The van der Waals surface area contributed by atoms with Gasteiger partial charge in [-0.25, -0.2) is 9.97 Å². The average Bonchev–Trinajstić information content (AvgIpc) is 2.49. The molecule has 0 saturated carbocycles. The molecule has 104 valence electrons. The highest BCUT2D eigenvalue weighted by molar-refractivity contribution is 7.79. The largest absolute Gasteiger partial charge is 0.236 e. The summed E-state index contributed by atoms with van der Waals surface area (Å²) < 4.78 is 0. The molecule has 21 heavy (non-hydrogen) atoms. The minimum absolute atomic E-state index is 0.484. The van der Waals surface area contributed by atoms with Gasteiger partial charge in [-0.15, -0.1) is 0 Å². The molecule has 0 unspecified atom stereocenters. The quantitative estimate of drug-likeness (QED) is 0.541. The lowest BCUT2D eigenvalue weighted by Crippen LogP contribution is -2.24. The third-order valence-electron chi connectivity index (χ3n) is 2.87. The van der Waals surface area contributed by atoms with Crippen molar-refractivity contribution in [1.29, 1.82) is 0 Å². The van der Waals surface area contributed by atoms with Crippen LogP contribution < -0.4 is 16.2 Å². The van der Waals surface area contributed by atoms with Gasteiger partial charge in [0.1, 0.15) is 10.3 Å². The van der Waals surface area contributed by atoms with Gasteiger partial charge in [0.2, 0.25) is 0 Å². The van der Waals surface area contributed by atoms with Crippen LogP contribution in [0.5, 0.6) is 0 Å². The Morgan fingerprint density at radius 2 is 1.14 bits per heavy atom. The molecule has 0 aliphatic rings. The molecule has 0 spiro atoms. The van der Waals surface area contributed by atoms with Gasteiger partial charge in [0.05, 0.1) is 10.9 Å². The monoisotopic (exact) mass is 332 g/mol. The fourth-order valence-corrected chi connectivity index (χ4v) is 4.57. The molecule has 0 amide bonds. The topological polar surface area (TPSA) is 25.8 Å². The number of benzene rings is 1. The van der Waals surface area contributed by atoms with Gasteiger partial charge < -0.3 is 0 Å². The van der Waals surface area contributed by atoms with Crippen LogP contribution >= 0.6 is 31.1 Å². The zero-order chi connectivity index (χ0) is 14.7. The minimum Gasteiger partial charge on any atom is -0.236 e. The maximum atomic E-state index is 6.05. The van der Waals surface area contributed by atoms with Crippen molar-refractivity contribution >= 4 is 47.3 Å². The standard InChI is InChI=1S/C16H11Cl2N2P/c17-13-8-4-10-15(19-13)21(12-6-2-1-3-7-12)16-11-5-9-14(18)20-16/h1-11H. The summed E-state index contributed by atoms with van der Waals surface area (Å²) in [5.41, 5.74) is 1.83. The van der Waals surface area contributed by atoms with E-state index in [0.29, 0.717) is 10.3 Å². The predicted octanol–water partition coefficient (Wildman–Crippen LogP) is 3.54. The fourth-order valence-electron chi connectivity index (χ4n) is 2.00. The minimum atomic E-state index is -0.870. The number of nitrogens with zero attached hydrogens (tertiary/aromatic N) is 2. The maximum absolute atomic E-state index is 6.05. The van der Waals surface area contributed by atoms with E-state index in [9.17, 15) is 0 Å². The molecule has 1 aromatic carbocycles. The lowest BCUT2D eigenvalue weighted by molar-refractivity contribution is 1.37. The SMILES string of the molecule is Clc1cccc(P(c2ccccc2)c2cccc(Cl)n2)n1. The lowest BCUT2D eigenvalue weighted by atomic mass is 10.4. The molecule has 2 nitrogen and oxygen atoms in total. The smallest absolute Gasteiger partial charge is 0.129 e. The lowest BCUT2D eigenvalue weighted by Gasteiger charge is -2.17. The second-order valence-electron chi connectivity index (χ2n) is 4.31. The number of rotatable bonds is 3. The van der Waals surface area contributed by atoms with E-state index in [1.165, 1.54) is 0 Å². The van der Waals surface area contributed by atoms with E-state index >= 15 is 0 Å². The summed E-state index contributed by atoms with van der Waals surface area (Å²) in [6.45, 7) is 0.